The quantitative estimate of drug-likeness (QED) is 0.919. The van der Waals surface area contributed by atoms with Crippen molar-refractivity contribution in [2.24, 2.45) is 5.73 Å². The van der Waals surface area contributed by atoms with Crippen molar-refractivity contribution in [3.05, 3.63) is 35.4 Å². The molecule has 0 spiro atoms. The molecule has 0 bridgehead atoms. The van der Waals surface area contributed by atoms with Crippen LogP contribution in [0, 0.1) is 0 Å². The first-order chi connectivity index (χ1) is 9.43. The Balaban J connectivity index is 2.13. The second-order valence-electron chi connectivity index (χ2n) is 6.55. The summed E-state index contributed by atoms with van der Waals surface area (Å²) in [5.41, 5.74) is 9.07. The van der Waals surface area contributed by atoms with E-state index in [-0.39, 0.29) is 11.6 Å². The molecule has 1 fully saturated rings. The Morgan fingerprint density at radius 2 is 1.55 bits per heavy atom. The van der Waals surface area contributed by atoms with Crippen LogP contribution in [0.3, 0.4) is 0 Å². The van der Waals surface area contributed by atoms with Crippen molar-refractivity contribution < 1.29 is 4.74 Å². The van der Waals surface area contributed by atoms with Crippen molar-refractivity contribution in [1.29, 1.82) is 0 Å². The van der Waals surface area contributed by atoms with Gasteiger partial charge in [0.25, 0.3) is 0 Å². The second-order valence-corrected chi connectivity index (χ2v) is 6.55. The molecule has 1 aromatic rings. The summed E-state index contributed by atoms with van der Waals surface area (Å²) in [5.74, 6) is 0.563. The first-order valence-electron chi connectivity index (χ1n) is 7.61. The molecule has 1 aliphatic rings. The van der Waals surface area contributed by atoms with E-state index in [1.54, 1.807) is 0 Å². The van der Waals surface area contributed by atoms with Gasteiger partial charge < -0.3 is 10.5 Å². The SMILES string of the molecule is CC(C)c1ccc(C(N)C(C)(C)N2CCOCC2)cc1. The number of nitrogens with zero attached hydrogens (tertiary/aromatic N) is 1. The molecule has 0 saturated carbocycles. The van der Waals surface area contributed by atoms with Gasteiger partial charge in [0.05, 0.1) is 13.2 Å². The van der Waals surface area contributed by atoms with Gasteiger partial charge in [-0.2, -0.15) is 0 Å². The lowest BCUT2D eigenvalue weighted by Gasteiger charge is -2.44. The minimum Gasteiger partial charge on any atom is -0.379 e. The smallest absolute Gasteiger partial charge is 0.0594 e. The van der Waals surface area contributed by atoms with Gasteiger partial charge in [0.15, 0.2) is 0 Å². The van der Waals surface area contributed by atoms with Crippen molar-refractivity contribution in [3.8, 4) is 0 Å². The largest absolute Gasteiger partial charge is 0.379 e. The monoisotopic (exact) mass is 276 g/mol. The Kier molecular flexibility index (Phi) is 4.84. The van der Waals surface area contributed by atoms with Crippen LogP contribution in [0.4, 0.5) is 0 Å². The topological polar surface area (TPSA) is 38.5 Å². The van der Waals surface area contributed by atoms with Crippen molar-refractivity contribution in [2.45, 2.75) is 45.2 Å². The van der Waals surface area contributed by atoms with Crippen LogP contribution in [0.5, 0.6) is 0 Å². The van der Waals surface area contributed by atoms with Crippen LogP contribution in [0.25, 0.3) is 0 Å². The molecule has 2 N–H and O–H groups in total. The van der Waals surface area contributed by atoms with E-state index in [4.69, 9.17) is 10.5 Å². The van der Waals surface area contributed by atoms with E-state index in [0.29, 0.717) is 5.92 Å². The Hall–Kier alpha value is -0.900. The van der Waals surface area contributed by atoms with Gasteiger partial charge in [-0.3, -0.25) is 4.90 Å². The van der Waals surface area contributed by atoms with E-state index < -0.39 is 0 Å². The highest BCUT2D eigenvalue weighted by Gasteiger charge is 2.34. The van der Waals surface area contributed by atoms with Crippen molar-refractivity contribution in [2.75, 3.05) is 26.3 Å². The summed E-state index contributed by atoms with van der Waals surface area (Å²) in [6.07, 6.45) is 0. The molecule has 1 aliphatic heterocycles. The standard InChI is InChI=1S/C17H28N2O/c1-13(2)14-5-7-15(8-6-14)16(18)17(3,4)19-9-11-20-12-10-19/h5-8,13,16H,9-12,18H2,1-4H3. The molecular weight excluding hydrogens is 248 g/mol. The number of ether oxygens (including phenoxy) is 1. The lowest BCUT2D eigenvalue weighted by atomic mass is 9.86. The van der Waals surface area contributed by atoms with Crippen LogP contribution >= 0.6 is 0 Å². The normalized spacial score (nSPS) is 19.3. The Morgan fingerprint density at radius 3 is 2.05 bits per heavy atom. The molecule has 1 unspecified atom stereocenters. The van der Waals surface area contributed by atoms with Crippen LogP contribution in [0.1, 0.15) is 50.8 Å². The third-order valence-electron chi connectivity index (χ3n) is 4.55. The lowest BCUT2D eigenvalue weighted by molar-refractivity contribution is -0.0190. The molecule has 0 amide bonds. The highest BCUT2D eigenvalue weighted by molar-refractivity contribution is 5.28. The average molecular weight is 276 g/mol. The summed E-state index contributed by atoms with van der Waals surface area (Å²) in [6, 6.07) is 8.79. The summed E-state index contributed by atoms with van der Waals surface area (Å²) in [4.78, 5) is 2.44. The average Bonchev–Trinajstić information content (AvgIpc) is 2.47. The van der Waals surface area contributed by atoms with Crippen LogP contribution in [-0.4, -0.2) is 36.7 Å². The highest BCUT2D eigenvalue weighted by Crippen LogP contribution is 2.30. The number of rotatable bonds is 4. The molecule has 3 heteroatoms. The fourth-order valence-electron chi connectivity index (χ4n) is 2.83. The molecule has 0 aliphatic carbocycles. The zero-order valence-electron chi connectivity index (χ0n) is 13.2. The lowest BCUT2D eigenvalue weighted by Crippen LogP contribution is -2.55. The summed E-state index contributed by atoms with van der Waals surface area (Å²) < 4.78 is 5.44. The molecule has 1 atom stereocenters. The molecule has 1 aromatic carbocycles. The van der Waals surface area contributed by atoms with Crippen molar-refractivity contribution >= 4 is 0 Å². The van der Waals surface area contributed by atoms with E-state index in [9.17, 15) is 0 Å². The summed E-state index contributed by atoms with van der Waals surface area (Å²) >= 11 is 0. The molecule has 20 heavy (non-hydrogen) atoms. The number of benzene rings is 1. The van der Waals surface area contributed by atoms with E-state index >= 15 is 0 Å². The fourth-order valence-corrected chi connectivity index (χ4v) is 2.83. The van der Waals surface area contributed by atoms with Crippen molar-refractivity contribution in [1.82, 2.24) is 4.90 Å². The minimum absolute atomic E-state index is 0.0156. The number of morpholine rings is 1. The highest BCUT2D eigenvalue weighted by atomic mass is 16.5. The predicted molar refractivity (Wildman–Crippen MR) is 83.9 cm³/mol. The van der Waals surface area contributed by atoms with Gasteiger partial charge in [0.1, 0.15) is 0 Å². The Bertz CT molecular complexity index is 419. The Morgan fingerprint density at radius 1 is 1.05 bits per heavy atom. The van der Waals surface area contributed by atoms with E-state index in [1.165, 1.54) is 11.1 Å². The van der Waals surface area contributed by atoms with Gasteiger partial charge in [-0.05, 0) is 30.9 Å². The summed E-state index contributed by atoms with van der Waals surface area (Å²) in [5, 5.41) is 0. The number of nitrogens with two attached hydrogens (primary N) is 1. The van der Waals surface area contributed by atoms with Crippen LogP contribution < -0.4 is 5.73 Å². The fraction of sp³-hybridized carbons (Fsp3) is 0.647. The van der Waals surface area contributed by atoms with Crippen LogP contribution in [-0.2, 0) is 4.74 Å². The van der Waals surface area contributed by atoms with E-state index in [1.807, 2.05) is 0 Å². The third kappa shape index (κ3) is 3.22. The molecule has 3 nitrogen and oxygen atoms in total. The van der Waals surface area contributed by atoms with Gasteiger partial charge in [-0.1, -0.05) is 38.1 Å². The molecule has 2 rings (SSSR count). The first kappa shape index (κ1) is 15.5. The van der Waals surface area contributed by atoms with Gasteiger partial charge in [0, 0.05) is 24.7 Å². The molecular formula is C17H28N2O. The van der Waals surface area contributed by atoms with E-state index in [0.717, 1.165) is 26.3 Å². The predicted octanol–water partition coefficient (Wildman–Crippen LogP) is 2.92. The maximum atomic E-state index is 6.55. The second kappa shape index (κ2) is 6.25. The van der Waals surface area contributed by atoms with Gasteiger partial charge >= 0.3 is 0 Å². The molecule has 1 saturated heterocycles. The molecule has 0 radical (unpaired) electrons. The maximum Gasteiger partial charge on any atom is 0.0594 e. The van der Waals surface area contributed by atoms with Gasteiger partial charge in [0.2, 0.25) is 0 Å². The maximum absolute atomic E-state index is 6.55. The Labute approximate surface area is 123 Å². The molecule has 112 valence electrons. The summed E-state index contributed by atoms with van der Waals surface area (Å²) in [7, 11) is 0. The number of hydrogen-bond donors (Lipinski definition) is 1. The number of hydrogen-bond acceptors (Lipinski definition) is 3. The van der Waals surface area contributed by atoms with Crippen LogP contribution in [0.2, 0.25) is 0 Å². The van der Waals surface area contributed by atoms with Gasteiger partial charge in [-0.15, -0.1) is 0 Å². The van der Waals surface area contributed by atoms with Crippen LogP contribution in [0.15, 0.2) is 24.3 Å². The third-order valence-corrected chi connectivity index (χ3v) is 4.55. The first-order valence-corrected chi connectivity index (χ1v) is 7.61. The van der Waals surface area contributed by atoms with E-state index in [2.05, 4.69) is 56.9 Å². The van der Waals surface area contributed by atoms with Gasteiger partial charge in [-0.25, -0.2) is 0 Å². The zero-order chi connectivity index (χ0) is 14.8. The minimum atomic E-state index is -0.0525. The van der Waals surface area contributed by atoms with Crippen molar-refractivity contribution in [3.63, 3.8) is 0 Å². The molecule has 0 aromatic heterocycles. The zero-order valence-corrected chi connectivity index (χ0v) is 13.2. The summed E-state index contributed by atoms with van der Waals surface area (Å²) in [6.45, 7) is 12.4. The molecule has 1 heterocycles.